The number of aromatic nitrogens is 2. The molecule has 0 saturated heterocycles. The lowest BCUT2D eigenvalue weighted by Gasteiger charge is -2.23. The third kappa shape index (κ3) is 2.74. The molecule has 0 fully saturated rings. The van der Waals surface area contributed by atoms with Crippen LogP contribution in [0.3, 0.4) is 0 Å². The highest BCUT2D eigenvalue weighted by Gasteiger charge is 2.16. The molecule has 2 heterocycles. The summed E-state index contributed by atoms with van der Waals surface area (Å²) < 4.78 is 0. The number of hydrogen-bond donors (Lipinski definition) is 0. The van der Waals surface area contributed by atoms with Crippen LogP contribution in [-0.4, -0.2) is 16.5 Å². The van der Waals surface area contributed by atoms with Gasteiger partial charge in [-0.15, -0.1) is 11.3 Å². The number of anilines is 2. The first-order chi connectivity index (χ1) is 10.1. The third-order valence-corrected chi connectivity index (χ3v) is 4.50. The molecule has 0 unspecified atom stereocenters. The van der Waals surface area contributed by atoms with Crippen molar-refractivity contribution in [2.75, 3.05) is 11.4 Å². The lowest BCUT2D eigenvalue weighted by atomic mass is 10.2. The van der Waals surface area contributed by atoms with E-state index in [1.165, 1.54) is 10.4 Å². The second-order valence-electron chi connectivity index (χ2n) is 4.97. The Kier molecular flexibility index (Phi) is 3.83. The van der Waals surface area contributed by atoms with E-state index in [0.29, 0.717) is 5.28 Å². The predicted octanol–water partition coefficient (Wildman–Crippen LogP) is 5.12. The fraction of sp³-hybridized carbons (Fsp3) is 0.250. The normalized spacial score (nSPS) is 11.0. The van der Waals surface area contributed by atoms with E-state index >= 15 is 0 Å². The fourth-order valence-electron chi connectivity index (χ4n) is 2.39. The lowest BCUT2D eigenvalue weighted by Crippen LogP contribution is -2.17. The Morgan fingerprint density at radius 3 is 2.52 bits per heavy atom. The lowest BCUT2D eigenvalue weighted by molar-refractivity contribution is 0.990. The average molecular weight is 318 g/mol. The quantitative estimate of drug-likeness (QED) is 0.628. The minimum absolute atomic E-state index is 0.296. The van der Waals surface area contributed by atoms with Gasteiger partial charge >= 0.3 is 0 Å². The molecule has 3 rings (SSSR count). The van der Waals surface area contributed by atoms with Crippen molar-refractivity contribution in [2.45, 2.75) is 20.8 Å². The van der Waals surface area contributed by atoms with Crippen molar-refractivity contribution in [1.82, 2.24) is 9.97 Å². The molecule has 108 valence electrons. The van der Waals surface area contributed by atoms with Gasteiger partial charge in [-0.05, 0) is 50.6 Å². The molecule has 1 aromatic carbocycles. The van der Waals surface area contributed by atoms with Crippen molar-refractivity contribution in [3.8, 4) is 0 Å². The highest BCUT2D eigenvalue weighted by Crippen LogP contribution is 2.34. The molecule has 0 radical (unpaired) electrons. The van der Waals surface area contributed by atoms with E-state index in [9.17, 15) is 0 Å². The highest BCUT2D eigenvalue weighted by atomic mass is 35.5. The molecule has 0 amide bonds. The van der Waals surface area contributed by atoms with Crippen LogP contribution in [-0.2, 0) is 0 Å². The summed E-state index contributed by atoms with van der Waals surface area (Å²) >= 11 is 7.75. The van der Waals surface area contributed by atoms with Crippen LogP contribution in [0.2, 0.25) is 5.28 Å². The van der Waals surface area contributed by atoms with Gasteiger partial charge in [-0.25, -0.2) is 4.98 Å². The second-order valence-corrected chi connectivity index (χ2v) is 6.54. The zero-order chi connectivity index (χ0) is 15.0. The first-order valence-corrected chi connectivity index (χ1v) is 8.06. The Hall–Kier alpha value is -1.65. The van der Waals surface area contributed by atoms with Crippen LogP contribution in [0.4, 0.5) is 11.5 Å². The highest BCUT2D eigenvalue weighted by molar-refractivity contribution is 7.18. The van der Waals surface area contributed by atoms with Gasteiger partial charge in [0.15, 0.2) is 0 Å². The molecule has 0 aliphatic carbocycles. The number of benzene rings is 1. The maximum Gasteiger partial charge on any atom is 0.225 e. The van der Waals surface area contributed by atoms with Crippen molar-refractivity contribution in [3.05, 3.63) is 46.1 Å². The van der Waals surface area contributed by atoms with Gasteiger partial charge in [0.05, 0.1) is 5.39 Å². The summed E-state index contributed by atoms with van der Waals surface area (Å²) in [5.41, 5.74) is 2.36. The number of rotatable bonds is 3. The van der Waals surface area contributed by atoms with Crippen LogP contribution in [0, 0.1) is 13.8 Å². The number of fused-ring (bicyclic) bond motifs is 1. The van der Waals surface area contributed by atoms with Crippen LogP contribution in [0.5, 0.6) is 0 Å². The van der Waals surface area contributed by atoms with Crippen molar-refractivity contribution in [1.29, 1.82) is 0 Å². The molecule has 21 heavy (non-hydrogen) atoms. The molecular weight excluding hydrogens is 302 g/mol. The van der Waals surface area contributed by atoms with Crippen LogP contribution in [0.15, 0.2) is 30.3 Å². The summed E-state index contributed by atoms with van der Waals surface area (Å²) in [4.78, 5) is 13.1. The predicted molar refractivity (Wildman–Crippen MR) is 91.0 cm³/mol. The molecule has 0 bridgehead atoms. The Balaban J connectivity index is 2.18. The van der Waals surface area contributed by atoms with Crippen LogP contribution >= 0.6 is 22.9 Å². The van der Waals surface area contributed by atoms with Crippen molar-refractivity contribution in [3.63, 3.8) is 0 Å². The molecule has 0 N–H and O–H groups in total. The monoisotopic (exact) mass is 317 g/mol. The fourth-order valence-corrected chi connectivity index (χ4v) is 3.48. The van der Waals surface area contributed by atoms with Crippen LogP contribution in [0.25, 0.3) is 10.2 Å². The standard InChI is InChI=1S/C16H16ClN3S/c1-4-20(12-7-5-10(2)6-8-12)14-13-9-11(3)21-15(13)19-16(17)18-14/h5-9H,4H2,1-3H3. The first-order valence-electron chi connectivity index (χ1n) is 6.86. The van der Waals surface area contributed by atoms with E-state index in [4.69, 9.17) is 11.6 Å². The van der Waals surface area contributed by atoms with Gasteiger partial charge in [0.1, 0.15) is 10.6 Å². The summed E-state index contributed by atoms with van der Waals surface area (Å²) in [6.45, 7) is 7.09. The van der Waals surface area contributed by atoms with Gasteiger partial charge in [-0.2, -0.15) is 4.98 Å². The molecule has 3 aromatic rings. The van der Waals surface area contributed by atoms with E-state index in [0.717, 1.165) is 28.3 Å². The number of halogens is 1. The maximum atomic E-state index is 6.10. The maximum absolute atomic E-state index is 6.10. The van der Waals surface area contributed by atoms with Crippen LogP contribution in [0.1, 0.15) is 17.4 Å². The summed E-state index contributed by atoms with van der Waals surface area (Å²) in [7, 11) is 0. The van der Waals surface area contributed by atoms with E-state index < -0.39 is 0 Å². The zero-order valence-corrected chi connectivity index (χ0v) is 13.8. The number of thiophene rings is 1. The van der Waals surface area contributed by atoms with Gasteiger partial charge in [-0.3, -0.25) is 0 Å². The van der Waals surface area contributed by atoms with Gasteiger partial charge in [0, 0.05) is 17.1 Å². The van der Waals surface area contributed by atoms with Crippen molar-refractivity contribution < 1.29 is 0 Å². The van der Waals surface area contributed by atoms with Crippen molar-refractivity contribution in [2.24, 2.45) is 0 Å². The molecule has 0 aliphatic rings. The number of aryl methyl sites for hydroxylation is 2. The Bertz CT molecular complexity index is 780. The topological polar surface area (TPSA) is 29.0 Å². The van der Waals surface area contributed by atoms with E-state index in [1.54, 1.807) is 11.3 Å². The minimum Gasteiger partial charge on any atom is -0.326 e. The summed E-state index contributed by atoms with van der Waals surface area (Å²) in [6, 6.07) is 10.6. The Morgan fingerprint density at radius 1 is 1.14 bits per heavy atom. The summed E-state index contributed by atoms with van der Waals surface area (Å²) in [5.74, 6) is 0.876. The van der Waals surface area contributed by atoms with E-state index in [2.05, 4.69) is 66.0 Å². The molecule has 0 aliphatic heterocycles. The van der Waals surface area contributed by atoms with E-state index in [1.807, 2.05) is 0 Å². The molecule has 5 heteroatoms. The van der Waals surface area contributed by atoms with Crippen molar-refractivity contribution >= 4 is 44.7 Å². The van der Waals surface area contributed by atoms with Crippen LogP contribution < -0.4 is 4.90 Å². The Morgan fingerprint density at radius 2 is 1.86 bits per heavy atom. The minimum atomic E-state index is 0.296. The number of hydrogen-bond acceptors (Lipinski definition) is 4. The van der Waals surface area contributed by atoms with E-state index in [-0.39, 0.29) is 0 Å². The third-order valence-electron chi connectivity index (χ3n) is 3.39. The summed E-state index contributed by atoms with van der Waals surface area (Å²) in [6.07, 6.45) is 0. The Labute approximate surface area is 133 Å². The summed E-state index contributed by atoms with van der Waals surface area (Å²) in [5, 5.41) is 1.36. The molecule has 0 spiro atoms. The molecule has 0 atom stereocenters. The average Bonchev–Trinajstić information content (AvgIpc) is 2.81. The second kappa shape index (κ2) is 5.62. The molecule has 0 saturated carbocycles. The molecular formula is C16H16ClN3S. The first kappa shape index (κ1) is 14.3. The zero-order valence-electron chi connectivity index (χ0n) is 12.2. The van der Waals surface area contributed by atoms with Gasteiger partial charge in [-0.1, -0.05) is 17.7 Å². The molecule has 3 nitrogen and oxygen atoms in total. The smallest absolute Gasteiger partial charge is 0.225 e. The van der Waals surface area contributed by atoms with Gasteiger partial charge in [0.25, 0.3) is 0 Å². The molecule has 2 aromatic heterocycles. The van der Waals surface area contributed by atoms with Gasteiger partial charge < -0.3 is 4.90 Å². The van der Waals surface area contributed by atoms with Gasteiger partial charge in [0.2, 0.25) is 5.28 Å². The largest absolute Gasteiger partial charge is 0.326 e. The SMILES string of the molecule is CCN(c1ccc(C)cc1)c1nc(Cl)nc2sc(C)cc12. The number of nitrogens with zero attached hydrogens (tertiary/aromatic N) is 3.